The Kier molecular flexibility index (Phi) is 4.47. The van der Waals surface area contributed by atoms with Crippen LogP contribution in [0.1, 0.15) is 30.9 Å². The molecule has 1 aromatic rings. The van der Waals surface area contributed by atoms with E-state index in [9.17, 15) is 9.18 Å². The number of carboxylic acid groups (broad SMARTS) is 1. The number of hydrogen-bond donors (Lipinski definition) is 1. The topological polar surface area (TPSA) is 37.3 Å². The maximum atomic E-state index is 13.0. The molecule has 2 nitrogen and oxygen atoms in total. The van der Waals surface area contributed by atoms with Crippen molar-refractivity contribution in [1.82, 2.24) is 0 Å². The summed E-state index contributed by atoms with van der Waals surface area (Å²) >= 11 is 0. The van der Waals surface area contributed by atoms with Crippen molar-refractivity contribution in [2.45, 2.75) is 33.1 Å². The number of carboxylic acids is 1. The van der Waals surface area contributed by atoms with Crippen molar-refractivity contribution in [3.63, 3.8) is 0 Å². The molecule has 1 unspecified atom stereocenters. The molecule has 1 atom stereocenters. The maximum Gasteiger partial charge on any atom is 0.303 e. The summed E-state index contributed by atoms with van der Waals surface area (Å²) in [4.78, 5) is 10.5. The number of benzene rings is 1. The fourth-order valence-corrected chi connectivity index (χ4v) is 1.68. The summed E-state index contributed by atoms with van der Waals surface area (Å²) in [5, 5.41) is 8.61. The summed E-state index contributed by atoms with van der Waals surface area (Å²) in [7, 11) is 0. The van der Waals surface area contributed by atoms with Crippen LogP contribution in [0.2, 0.25) is 0 Å². The molecule has 0 spiro atoms. The molecular formula is C13H17FO2. The first-order valence-corrected chi connectivity index (χ1v) is 5.46. The zero-order chi connectivity index (χ0) is 12.1. The summed E-state index contributed by atoms with van der Waals surface area (Å²) in [6.45, 7) is 3.66. The van der Waals surface area contributed by atoms with Crippen molar-refractivity contribution in [2.75, 3.05) is 0 Å². The molecule has 0 amide bonds. The van der Waals surface area contributed by atoms with Gasteiger partial charge in [-0.3, -0.25) is 4.79 Å². The molecule has 0 aliphatic carbocycles. The second-order valence-corrected chi connectivity index (χ2v) is 4.33. The number of hydrogen-bond acceptors (Lipinski definition) is 1. The van der Waals surface area contributed by atoms with E-state index in [1.54, 1.807) is 13.0 Å². The fourth-order valence-electron chi connectivity index (χ4n) is 1.68. The predicted molar refractivity (Wildman–Crippen MR) is 60.9 cm³/mol. The first kappa shape index (κ1) is 12.7. The molecule has 16 heavy (non-hydrogen) atoms. The molecule has 0 fully saturated rings. The van der Waals surface area contributed by atoms with Gasteiger partial charge in [0.15, 0.2) is 0 Å². The molecule has 0 aliphatic rings. The van der Waals surface area contributed by atoms with Crippen LogP contribution in [0.4, 0.5) is 4.39 Å². The molecule has 0 saturated carbocycles. The highest BCUT2D eigenvalue weighted by Crippen LogP contribution is 2.15. The molecule has 0 bridgehead atoms. The highest BCUT2D eigenvalue weighted by atomic mass is 19.1. The number of carbonyl (C=O) groups is 1. The third-order valence-corrected chi connectivity index (χ3v) is 2.67. The normalized spacial score (nSPS) is 12.4. The second-order valence-electron chi connectivity index (χ2n) is 4.33. The Bertz CT molecular complexity index is 374. The van der Waals surface area contributed by atoms with E-state index in [2.05, 4.69) is 0 Å². The lowest BCUT2D eigenvalue weighted by Crippen LogP contribution is -2.05. The fraction of sp³-hybridized carbons (Fsp3) is 0.462. The van der Waals surface area contributed by atoms with Crippen LogP contribution in [-0.4, -0.2) is 11.1 Å². The Morgan fingerprint density at radius 3 is 2.75 bits per heavy atom. The van der Waals surface area contributed by atoms with Crippen LogP contribution in [0.25, 0.3) is 0 Å². The van der Waals surface area contributed by atoms with Crippen LogP contribution in [0.15, 0.2) is 18.2 Å². The highest BCUT2D eigenvalue weighted by molar-refractivity contribution is 5.66. The molecule has 1 rings (SSSR count). The average Bonchev–Trinajstić information content (AvgIpc) is 2.19. The largest absolute Gasteiger partial charge is 0.481 e. The zero-order valence-corrected chi connectivity index (χ0v) is 9.66. The van der Waals surface area contributed by atoms with Crippen LogP contribution < -0.4 is 0 Å². The van der Waals surface area contributed by atoms with E-state index in [0.29, 0.717) is 5.56 Å². The van der Waals surface area contributed by atoms with Crippen LogP contribution >= 0.6 is 0 Å². The zero-order valence-electron chi connectivity index (χ0n) is 9.66. The minimum atomic E-state index is -0.761. The Morgan fingerprint density at radius 2 is 2.19 bits per heavy atom. The number of halogens is 1. The minimum Gasteiger partial charge on any atom is -0.481 e. The molecule has 1 aromatic carbocycles. The van der Waals surface area contributed by atoms with Crippen LogP contribution in [0.5, 0.6) is 0 Å². The Morgan fingerprint density at radius 1 is 1.50 bits per heavy atom. The second kappa shape index (κ2) is 5.64. The van der Waals surface area contributed by atoms with Crippen LogP contribution in [0, 0.1) is 18.7 Å². The van der Waals surface area contributed by atoms with E-state index in [1.807, 2.05) is 13.0 Å². The lowest BCUT2D eigenvalue weighted by atomic mass is 9.97. The molecule has 1 N–H and O–H groups in total. The quantitative estimate of drug-likeness (QED) is 0.834. The lowest BCUT2D eigenvalue weighted by molar-refractivity contribution is -0.138. The van der Waals surface area contributed by atoms with E-state index in [4.69, 9.17) is 5.11 Å². The summed E-state index contributed by atoms with van der Waals surface area (Å²) < 4.78 is 13.0. The number of aryl methyl sites for hydroxylation is 2. The van der Waals surface area contributed by atoms with Gasteiger partial charge in [0.2, 0.25) is 0 Å². The van der Waals surface area contributed by atoms with Gasteiger partial charge in [0.05, 0.1) is 0 Å². The van der Waals surface area contributed by atoms with Gasteiger partial charge in [-0.1, -0.05) is 19.1 Å². The first-order chi connectivity index (χ1) is 7.49. The Balaban J connectivity index is 2.48. The summed E-state index contributed by atoms with van der Waals surface area (Å²) in [6, 6.07) is 5.05. The average molecular weight is 224 g/mol. The van der Waals surface area contributed by atoms with Gasteiger partial charge in [-0.05, 0) is 42.9 Å². The van der Waals surface area contributed by atoms with Gasteiger partial charge in [-0.25, -0.2) is 4.39 Å². The van der Waals surface area contributed by atoms with Crippen molar-refractivity contribution in [2.24, 2.45) is 5.92 Å². The van der Waals surface area contributed by atoms with Gasteiger partial charge >= 0.3 is 5.97 Å². The highest BCUT2D eigenvalue weighted by Gasteiger charge is 2.08. The lowest BCUT2D eigenvalue weighted by Gasteiger charge is -2.09. The standard InChI is InChI=1S/C13H17FO2/c1-9(7-13(15)16)3-4-11-5-6-12(14)10(2)8-11/h5-6,8-9H,3-4,7H2,1-2H3,(H,15,16). The third-order valence-electron chi connectivity index (χ3n) is 2.67. The first-order valence-electron chi connectivity index (χ1n) is 5.46. The third kappa shape index (κ3) is 4.01. The molecule has 3 heteroatoms. The van der Waals surface area contributed by atoms with E-state index in [0.717, 1.165) is 18.4 Å². The van der Waals surface area contributed by atoms with E-state index in [-0.39, 0.29) is 18.2 Å². The monoisotopic (exact) mass is 224 g/mol. The summed E-state index contributed by atoms with van der Waals surface area (Å²) in [6.07, 6.45) is 1.81. The molecular weight excluding hydrogens is 207 g/mol. The van der Waals surface area contributed by atoms with Gasteiger partial charge in [0.25, 0.3) is 0 Å². The number of rotatable bonds is 5. The molecule has 0 radical (unpaired) electrons. The number of aliphatic carboxylic acids is 1. The molecule has 0 saturated heterocycles. The van der Waals surface area contributed by atoms with Crippen LogP contribution in [-0.2, 0) is 11.2 Å². The Labute approximate surface area is 95.1 Å². The van der Waals surface area contributed by atoms with Crippen molar-refractivity contribution in [3.8, 4) is 0 Å². The summed E-state index contributed by atoms with van der Waals surface area (Å²) in [5.74, 6) is -0.798. The van der Waals surface area contributed by atoms with Gasteiger partial charge in [0.1, 0.15) is 5.82 Å². The Hall–Kier alpha value is -1.38. The van der Waals surface area contributed by atoms with Crippen molar-refractivity contribution < 1.29 is 14.3 Å². The summed E-state index contributed by atoms with van der Waals surface area (Å²) in [5.41, 5.74) is 1.71. The predicted octanol–water partition coefficient (Wildman–Crippen LogP) is 3.18. The molecule has 0 aromatic heterocycles. The smallest absolute Gasteiger partial charge is 0.303 e. The van der Waals surface area contributed by atoms with Crippen LogP contribution in [0.3, 0.4) is 0 Å². The SMILES string of the molecule is Cc1cc(CCC(C)CC(=O)O)ccc1F. The van der Waals surface area contributed by atoms with Crippen molar-refractivity contribution in [1.29, 1.82) is 0 Å². The van der Waals surface area contributed by atoms with Gasteiger partial charge < -0.3 is 5.11 Å². The van der Waals surface area contributed by atoms with Crippen molar-refractivity contribution in [3.05, 3.63) is 35.1 Å². The molecule has 0 heterocycles. The maximum absolute atomic E-state index is 13.0. The van der Waals surface area contributed by atoms with E-state index < -0.39 is 5.97 Å². The van der Waals surface area contributed by atoms with E-state index in [1.165, 1.54) is 6.07 Å². The minimum absolute atomic E-state index is 0.155. The van der Waals surface area contributed by atoms with Gasteiger partial charge in [-0.2, -0.15) is 0 Å². The van der Waals surface area contributed by atoms with E-state index >= 15 is 0 Å². The van der Waals surface area contributed by atoms with Crippen molar-refractivity contribution >= 4 is 5.97 Å². The van der Waals surface area contributed by atoms with Gasteiger partial charge in [-0.15, -0.1) is 0 Å². The molecule has 88 valence electrons. The van der Waals surface area contributed by atoms with Gasteiger partial charge in [0, 0.05) is 6.42 Å². The molecule has 0 aliphatic heterocycles.